The first-order valence-electron chi connectivity index (χ1n) is 9.31. The van der Waals surface area contributed by atoms with Gasteiger partial charge in [0.2, 0.25) is 5.88 Å². The van der Waals surface area contributed by atoms with Gasteiger partial charge in [-0.05, 0) is 36.8 Å². The summed E-state index contributed by atoms with van der Waals surface area (Å²) in [7, 11) is 1.84. The molecule has 1 aliphatic heterocycles. The Kier molecular flexibility index (Phi) is 5.30. The molecule has 31 heavy (non-hydrogen) atoms. The number of hydrogen-bond acceptors (Lipinski definition) is 5. The van der Waals surface area contributed by atoms with E-state index in [1.807, 2.05) is 18.9 Å². The van der Waals surface area contributed by atoms with Crippen LogP contribution in [0.2, 0.25) is 0 Å². The van der Waals surface area contributed by atoms with Gasteiger partial charge in [0.1, 0.15) is 18.2 Å². The van der Waals surface area contributed by atoms with Gasteiger partial charge >= 0.3 is 5.69 Å². The van der Waals surface area contributed by atoms with Crippen molar-refractivity contribution in [2.45, 2.75) is 26.1 Å². The van der Waals surface area contributed by atoms with Crippen LogP contribution in [0, 0.1) is 23.3 Å². The molecule has 0 unspecified atom stereocenters. The Labute approximate surface area is 174 Å². The van der Waals surface area contributed by atoms with Gasteiger partial charge < -0.3 is 14.4 Å². The summed E-state index contributed by atoms with van der Waals surface area (Å²) >= 11 is 0. The molecule has 0 saturated carbocycles. The van der Waals surface area contributed by atoms with E-state index >= 15 is 0 Å². The van der Waals surface area contributed by atoms with Gasteiger partial charge in [0, 0.05) is 31.8 Å². The lowest BCUT2D eigenvalue weighted by molar-refractivity contribution is 0.289. The summed E-state index contributed by atoms with van der Waals surface area (Å²) in [5.74, 6) is -4.79. The topological polar surface area (TPSA) is 56.6 Å². The molecule has 0 N–H and O–H groups in total. The van der Waals surface area contributed by atoms with Crippen molar-refractivity contribution in [3.63, 3.8) is 0 Å². The highest BCUT2D eigenvalue weighted by molar-refractivity contribution is 5.45. The maximum absolute atomic E-state index is 14.4. The second-order valence-corrected chi connectivity index (χ2v) is 7.16. The Bertz CT molecular complexity index is 1190. The Morgan fingerprint density at radius 1 is 1.03 bits per heavy atom. The molecule has 4 rings (SSSR count). The van der Waals surface area contributed by atoms with Crippen molar-refractivity contribution >= 4 is 5.82 Å². The Balaban J connectivity index is 1.51. The third-order valence-electron chi connectivity index (χ3n) is 4.99. The predicted octanol–water partition coefficient (Wildman–Crippen LogP) is 4.01. The van der Waals surface area contributed by atoms with E-state index in [0.717, 1.165) is 24.3 Å². The largest absolute Gasteiger partial charge is 0.473 e. The minimum Gasteiger partial charge on any atom is -0.473 e. The van der Waals surface area contributed by atoms with Crippen molar-refractivity contribution in [3.8, 4) is 17.4 Å². The summed E-state index contributed by atoms with van der Waals surface area (Å²) < 4.78 is 67.0. The summed E-state index contributed by atoms with van der Waals surface area (Å²) in [4.78, 5) is 17.9. The quantitative estimate of drug-likeness (QED) is 0.567. The first kappa shape index (κ1) is 20.7. The second-order valence-electron chi connectivity index (χ2n) is 7.16. The third kappa shape index (κ3) is 4.05. The highest BCUT2D eigenvalue weighted by Crippen LogP contribution is 2.30. The van der Waals surface area contributed by atoms with Gasteiger partial charge in [-0.1, -0.05) is 0 Å². The summed E-state index contributed by atoms with van der Waals surface area (Å²) in [6.07, 6.45) is 0. The molecule has 0 bridgehead atoms. The summed E-state index contributed by atoms with van der Waals surface area (Å²) in [5, 5.41) is 0. The van der Waals surface area contributed by atoms with Gasteiger partial charge in [0.15, 0.2) is 29.0 Å². The van der Waals surface area contributed by atoms with Crippen LogP contribution >= 0.6 is 0 Å². The van der Waals surface area contributed by atoms with Crippen LogP contribution in [0.4, 0.5) is 23.4 Å². The number of halogens is 4. The standard InChI is InChI=1S/C21H17F4N3O3/c1-11-9-28-19(27(11)2)8-18(26-21(28)29)30-10-12-5-16(24)20(17(25)6-12)31-13-3-4-14(22)15(23)7-13/h3-8,11H,9-10H2,1-2H3/t11-/m0/s1. The van der Waals surface area contributed by atoms with E-state index in [1.54, 1.807) is 6.07 Å². The van der Waals surface area contributed by atoms with E-state index in [4.69, 9.17) is 9.47 Å². The highest BCUT2D eigenvalue weighted by Gasteiger charge is 2.25. The van der Waals surface area contributed by atoms with Crippen LogP contribution < -0.4 is 20.1 Å². The fraction of sp³-hybridized carbons (Fsp3) is 0.238. The van der Waals surface area contributed by atoms with E-state index in [2.05, 4.69) is 4.98 Å². The van der Waals surface area contributed by atoms with Gasteiger partial charge in [-0.3, -0.25) is 4.57 Å². The third-order valence-corrected chi connectivity index (χ3v) is 4.99. The molecule has 1 aliphatic rings. The second kappa shape index (κ2) is 7.93. The zero-order valence-electron chi connectivity index (χ0n) is 16.5. The zero-order chi connectivity index (χ0) is 22.3. The molecule has 2 heterocycles. The van der Waals surface area contributed by atoms with Crippen molar-refractivity contribution in [1.29, 1.82) is 0 Å². The predicted molar refractivity (Wildman–Crippen MR) is 103 cm³/mol. The molecule has 3 aromatic rings. The summed E-state index contributed by atoms with van der Waals surface area (Å²) in [6.45, 7) is 2.21. The number of benzene rings is 2. The number of ether oxygens (including phenoxy) is 2. The van der Waals surface area contributed by atoms with Crippen LogP contribution in [-0.4, -0.2) is 22.6 Å². The number of fused-ring (bicyclic) bond motifs is 1. The number of aromatic nitrogens is 2. The van der Waals surface area contributed by atoms with Crippen LogP contribution in [0.25, 0.3) is 0 Å². The number of rotatable bonds is 5. The van der Waals surface area contributed by atoms with Gasteiger partial charge in [0.05, 0.1) is 0 Å². The molecule has 162 valence electrons. The average Bonchev–Trinajstić information content (AvgIpc) is 3.01. The normalized spacial score (nSPS) is 15.2. The average molecular weight is 435 g/mol. The lowest BCUT2D eigenvalue weighted by Crippen LogP contribution is -2.23. The lowest BCUT2D eigenvalue weighted by atomic mass is 10.2. The van der Waals surface area contributed by atoms with Crippen molar-refractivity contribution in [2.24, 2.45) is 0 Å². The van der Waals surface area contributed by atoms with Crippen molar-refractivity contribution in [3.05, 3.63) is 75.7 Å². The molecule has 1 aromatic heterocycles. The number of anilines is 1. The Morgan fingerprint density at radius 2 is 1.74 bits per heavy atom. The molecule has 0 spiro atoms. The molecule has 1 atom stereocenters. The number of hydrogen-bond donors (Lipinski definition) is 0. The fourth-order valence-corrected chi connectivity index (χ4v) is 3.23. The minimum atomic E-state index is -1.21. The van der Waals surface area contributed by atoms with Crippen molar-refractivity contribution in [1.82, 2.24) is 9.55 Å². The molecular weight excluding hydrogens is 418 g/mol. The SMILES string of the molecule is C[C@H]1Cn2c(cc(OCc3cc(F)c(Oc4ccc(F)c(F)c4)c(F)c3)nc2=O)N1C. The van der Waals surface area contributed by atoms with Crippen LogP contribution in [0.1, 0.15) is 12.5 Å². The molecule has 0 fully saturated rings. The molecule has 0 aliphatic carbocycles. The van der Waals surface area contributed by atoms with E-state index in [1.165, 1.54) is 4.57 Å². The summed E-state index contributed by atoms with van der Waals surface area (Å²) in [6, 6.07) is 6.17. The van der Waals surface area contributed by atoms with E-state index in [9.17, 15) is 22.4 Å². The zero-order valence-corrected chi connectivity index (χ0v) is 16.5. The van der Waals surface area contributed by atoms with Crippen molar-refractivity contribution < 1.29 is 27.0 Å². The monoisotopic (exact) mass is 435 g/mol. The minimum absolute atomic E-state index is 0.0279. The molecule has 2 aromatic carbocycles. The molecule has 0 amide bonds. The van der Waals surface area contributed by atoms with Crippen LogP contribution in [0.5, 0.6) is 17.4 Å². The van der Waals surface area contributed by atoms with E-state index in [0.29, 0.717) is 18.4 Å². The highest BCUT2D eigenvalue weighted by atomic mass is 19.2. The van der Waals surface area contributed by atoms with Crippen LogP contribution in [0.15, 0.2) is 41.2 Å². The molecular formula is C21H17F4N3O3. The van der Waals surface area contributed by atoms with E-state index in [-0.39, 0.29) is 29.8 Å². The van der Waals surface area contributed by atoms with Crippen LogP contribution in [0.3, 0.4) is 0 Å². The van der Waals surface area contributed by atoms with Gasteiger partial charge in [-0.15, -0.1) is 0 Å². The van der Waals surface area contributed by atoms with Gasteiger partial charge in [-0.25, -0.2) is 22.4 Å². The van der Waals surface area contributed by atoms with Gasteiger partial charge in [0.25, 0.3) is 0 Å². The lowest BCUT2D eigenvalue weighted by Gasteiger charge is -2.16. The molecule has 0 saturated heterocycles. The first-order valence-corrected chi connectivity index (χ1v) is 9.31. The van der Waals surface area contributed by atoms with Gasteiger partial charge in [-0.2, -0.15) is 4.98 Å². The Hall–Kier alpha value is -3.56. The number of likely N-dealkylation sites (N-methyl/N-ethyl adjacent to an activating group) is 1. The van der Waals surface area contributed by atoms with E-state index < -0.39 is 34.7 Å². The maximum Gasteiger partial charge on any atom is 0.352 e. The molecule has 6 nitrogen and oxygen atoms in total. The molecule has 10 heteroatoms. The number of nitrogens with zero attached hydrogens (tertiary/aromatic N) is 3. The smallest absolute Gasteiger partial charge is 0.352 e. The summed E-state index contributed by atoms with van der Waals surface area (Å²) in [5.41, 5.74) is -0.354. The maximum atomic E-state index is 14.4. The first-order chi connectivity index (χ1) is 14.7. The van der Waals surface area contributed by atoms with Crippen LogP contribution in [-0.2, 0) is 13.2 Å². The van der Waals surface area contributed by atoms with Crippen molar-refractivity contribution in [2.75, 3.05) is 11.9 Å². The Morgan fingerprint density at radius 3 is 2.42 bits per heavy atom. The fourth-order valence-electron chi connectivity index (χ4n) is 3.23. The molecule has 0 radical (unpaired) electrons.